The zero-order chi connectivity index (χ0) is 25.6. The molecule has 3 rings (SSSR count). The largest absolute Gasteiger partial charge is 0.483 e. The lowest BCUT2D eigenvalue weighted by Gasteiger charge is -2.20. The van der Waals surface area contributed by atoms with E-state index < -0.39 is 16.5 Å². The fourth-order valence-corrected chi connectivity index (χ4v) is 3.20. The molecule has 1 N–H and O–H groups in total. The monoisotopic (exact) mass is 478 g/mol. The molecular formula is C27H30N2O6. The molecule has 3 aromatic carbocycles. The molecule has 0 unspecified atom stereocenters. The molecule has 0 bridgehead atoms. The van der Waals surface area contributed by atoms with Crippen LogP contribution in [0.5, 0.6) is 11.5 Å². The Balaban J connectivity index is 1.94. The first kappa shape index (κ1) is 25.6. The first-order valence-corrected chi connectivity index (χ1v) is 11.3. The van der Waals surface area contributed by atoms with Crippen LogP contribution in [0.4, 0.5) is 17.1 Å². The minimum atomic E-state index is -0.593. The average Bonchev–Trinajstić information content (AvgIpc) is 2.78. The maximum Gasteiger partial charge on any atom is 0.338 e. The molecule has 0 radical (unpaired) electrons. The summed E-state index contributed by atoms with van der Waals surface area (Å²) in [5.41, 5.74) is 1.69. The summed E-state index contributed by atoms with van der Waals surface area (Å²) in [4.78, 5) is 23.5. The van der Waals surface area contributed by atoms with Crippen LogP contribution in [0.2, 0.25) is 0 Å². The van der Waals surface area contributed by atoms with E-state index in [2.05, 4.69) is 5.32 Å². The average molecular weight is 479 g/mol. The van der Waals surface area contributed by atoms with E-state index in [1.165, 1.54) is 6.07 Å². The van der Waals surface area contributed by atoms with Crippen molar-refractivity contribution in [1.82, 2.24) is 0 Å². The fourth-order valence-electron chi connectivity index (χ4n) is 3.20. The van der Waals surface area contributed by atoms with Gasteiger partial charge < -0.3 is 19.5 Å². The van der Waals surface area contributed by atoms with Crippen LogP contribution in [0, 0.1) is 10.1 Å². The van der Waals surface area contributed by atoms with Gasteiger partial charge in [-0.3, -0.25) is 10.1 Å². The molecule has 184 valence electrons. The van der Waals surface area contributed by atoms with Crippen molar-refractivity contribution in [2.45, 2.75) is 52.9 Å². The summed E-state index contributed by atoms with van der Waals surface area (Å²) in [5, 5.41) is 14.9. The van der Waals surface area contributed by atoms with Crippen LogP contribution in [0.1, 0.15) is 50.5 Å². The molecule has 0 saturated carbocycles. The number of nitrogens with one attached hydrogen (secondary N) is 1. The molecule has 8 heteroatoms. The van der Waals surface area contributed by atoms with Crippen molar-refractivity contribution >= 4 is 23.0 Å². The number of anilines is 2. The van der Waals surface area contributed by atoms with Gasteiger partial charge in [0.15, 0.2) is 5.75 Å². The molecule has 0 saturated heterocycles. The second kappa shape index (κ2) is 10.9. The lowest BCUT2D eigenvalue weighted by atomic mass is 10.1. The van der Waals surface area contributed by atoms with E-state index in [1.54, 1.807) is 44.2 Å². The second-order valence-corrected chi connectivity index (χ2v) is 9.19. The van der Waals surface area contributed by atoms with Crippen LogP contribution in [0.25, 0.3) is 0 Å². The Labute approximate surface area is 205 Å². The molecule has 0 fully saturated rings. The maximum absolute atomic E-state index is 12.3. The Morgan fingerprint density at radius 3 is 2.20 bits per heavy atom. The van der Waals surface area contributed by atoms with Gasteiger partial charge in [0, 0.05) is 11.8 Å². The van der Waals surface area contributed by atoms with Crippen molar-refractivity contribution in [1.29, 1.82) is 0 Å². The van der Waals surface area contributed by atoms with Gasteiger partial charge >= 0.3 is 11.7 Å². The lowest BCUT2D eigenvalue weighted by Crippen LogP contribution is -2.23. The second-order valence-electron chi connectivity index (χ2n) is 9.19. The number of carbonyl (C=O) groups excluding carboxylic acids is 1. The van der Waals surface area contributed by atoms with Gasteiger partial charge in [-0.1, -0.05) is 30.3 Å². The third-order valence-corrected chi connectivity index (χ3v) is 4.67. The van der Waals surface area contributed by atoms with Gasteiger partial charge in [-0.15, -0.1) is 0 Å². The standard InChI is InChI=1S/C27H30N2O6/c1-18(2)34-25-23(29(31)32)16-15-22(24(25)33-17-19-9-7-6-8-10-19)28-21-13-11-20(12-14-21)26(30)35-27(3,4)5/h6-16,18,28H,17H2,1-5H3. The summed E-state index contributed by atoms with van der Waals surface area (Å²) in [7, 11) is 0. The summed E-state index contributed by atoms with van der Waals surface area (Å²) in [6.07, 6.45) is -0.309. The third-order valence-electron chi connectivity index (χ3n) is 4.67. The number of carbonyl (C=O) groups is 1. The molecule has 0 aliphatic heterocycles. The predicted molar refractivity (Wildman–Crippen MR) is 135 cm³/mol. The summed E-state index contributed by atoms with van der Waals surface area (Å²) >= 11 is 0. The third kappa shape index (κ3) is 7.20. The van der Waals surface area contributed by atoms with Gasteiger partial charge in [0.1, 0.15) is 12.2 Å². The molecule has 0 aliphatic rings. The molecule has 0 aromatic heterocycles. The van der Waals surface area contributed by atoms with E-state index in [0.717, 1.165) is 5.56 Å². The Hall–Kier alpha value is -4.07. The number of ether oxygens (including phenoxy) is 3. The van der Waals surface area contributed by atoms with E-state index in [0.29, 0.717) is 16.9 Å². The summed E-state index contributed by atoms with van der Waals surface area (Å²) in [6.45, 7) is 9.21. The molecule has 0 heterocycles. The van der Waals surface area contributed by atoms with Crippen molar-refractivity contribution in [3.63, 3.8) is 0 Å². The normalized spacial score (nSPS) is 11.1. The van der Waals surface area contributed by atoms with Crippen molar-refractivity contribution in [3.05, 3.63) is 88.0 Å². The minimum absolute atomic E-state index is 0.0521. The SMILES string of the molecule is CC(C)Oc1c([N+](=O)[O-])ccc(Nc2ccc(C(=O)OC(C)(C)C)cc2)c1OCc1ccccc1. The molecule has 3 aromatic rings. The Morgan fingerprint density at radius 2 is 1.63 bits per heavy atom. The molecule has 0 spiro atoms. The van der Waals surface area contributed by atoms with Crippen LogP contribution < -0.4 is 14.8 Å². The highest BCUT2D eigenvalue weighted by atomic mass is 16.6. The first-order valence-electron chi connectivity index (χ1n) is 11.3. The van der Waals surface area contributed by atoms with Crippen LogP contribution in [-0.4, -0.2) is 22.6 Å². The number of esters is 1. The van der Waals surface area contributed by atoms with Gasteiger partial charge in [-0.25, -0.2) is 4.79 Å². The van der Waals surface area contributed by atoms with Gasteiger partial charge in [0.05, 0.1) is 22.3 Å². The number of hydrogen-bond acceptors (Lipinski definition) is 7. The molecule has 0 aliphatic carbocycles. The Bertz CT molecular complexity index is 1170. The van der Waals surface area contributed by atoms with Gasteiger partial charge in [0.2, 0.25) is 5.75 Å². The number of hydrogen-bond donors (Lipinski definition) is 1. The van der Waals surface area contributed by atoms with Crippen molar-refractivity contribution in [3.8, 4) is 11.5 Å². The topological polar surface area (TPSA) is 99.9 Å². The maximum atomic E-state index is 12.3. The highest BCUT2D eigenvalue weighted by Gasteiger charge is 2.25. The first-order chi connectivity index (χ1) is 16.5. The molecule has 0 atom stereocenters. The van der Waals surface area contributed by atoms with Crippen LogP contribution in [-0.2, 0) is 11.3 Å². The van der Waals surface area contributed by atoms with Gasteiger partial charge in [-0.05, 0) is 70.5 Å². The molecule has 8 nitrogen and oxygen atoms in total. The number of nitro groups is 1. The fraction of sp³-hybridized carbons (Fsp3) is 0.296. The van der Waals surface area contributed by atoms with Crippen LogP contribution >= 0.6 is 0 Å². The number of benzene rings is 3. The highest BCUT2D eigenvalue weighted by Crippen LogP contribution is 2.44. The van der Waals surface area contributed by atoms with Gasteiger partial charge in [0.25, 0.3) is 0 Å². The Morgan fingerprint density at radius 1 is 0.971 bits per heavy atom. The number of nitrogens with zero attached hydrogens (tertiary/aromatic N) is 1. The molecule has 0 amide bonds. The lowest BCUT2D eigenvalue weighted by molar-refractivity contribution is -0.386. The van der Waals surface area contributed by atoms with Crippen molar-refractivity contribution in [2.75, 3.05) is 5.32 Å². The number of rotatable bonds is 9. The minimum Gasteiger partial charge on any atom is -0.483 e. The van der Waals surface area contributed by atoms with Crippen molar-refractivity contribution < 1.29 is 23.9 Å². The van der Waals surface area contributed by atoms with Crippen LogP contribution in [0.15, 0.2) is 66.7 Å². The van der Waals surface area contributed by atoms with E-state index in [4.69, 9.17) is 14.2 Å². The smallest absolute Gasteiger partial charge is 0.338 e. The summed E-state index contributed by atoms with van der Waals surface area (Å²) in [5.74, 6) is -0.136. The summed E-state index contributed by atoms with van der Waals surface area (Å²) < 4.78 is 17.3. The highest BCUT2D eigenvalue weighted by molar-refractivity contribution is 5.90. The molecular weight excluding hydrogens is 448 g/mol. The number of nitro benzene ring substituents is 1. The van der Waals surface area contributed by atoms with E-state index >= 15 is 0 Å². The zero-order valence-corrected chi connectivity index (χ0v) is 20.5. The Kier molecular flexibility index (Phi) is 7.96. The van der Waals surface area contributed by atoms with E-state index in [9.17, 15) is 14.9 Å². The predicted octanol–water partition coefficient (Wildman–Crippen LogP) is 6.66. The van der Waals surface area contributed by atoms with Crippen LogP contribution in [0.3, 0.4) is 0 Å². The molecule has 35 heavy (non-hydrogen) atoms. The van der Waals surface area contributed by atoms with E-state index in [1.807, 2.05) is 51.1 Å². The van der Waals surface area contributed by atoms with Gasteiger partial charge in [-0.2, -0.15) is 0 Å². The van der Waals surface area contributed by atoms with E-state index in [-0.39, 0.29) is 29.9 Å². The summed E-state index contributed by atoms with van der Waals surface area (Å²) in [6, 6.07) is 19.2. The zero-order valence-electron chi connectivity index (χ0n) is 20.5. The quantitative estimate of drug-likeness (QED) is 0.208. The van der Waals surface area contributed by atoms with Crippen molar-refractivity contribution in [2.24, 2.45) is 0 Å².